The molecule has 0 saturated carbocycles. The summed E-state index contributed by atoms with van der Waals surface area (Å²) in [6, 6.07) is 4.79. The average molecular weight is 357 g/mol. The van der Waals surface area contributed by atoms with Crippen LogP contribution < -0.4 is 5.32 Å². The van der Waals surface area contributed by atoms with E-state index in [1.807, 2.05) is 0 Å². The van der Waals surface area contributed by atoms with E-state index in [1.165, 1.54) is 4.68 Å². The number of carbonyl (C=O) groups excluding carboxylic acids is 1. The van der Waals surface area contributed by atoms with Gasteiger partial charge in [0.05, 0.1) is 27.1 Å². The zero-order valence-electron chi connectivity index (χ0n) is 12.5. The Labute approximate surface area is 142 Å². The molecule has 2 rings (SSSR count). The second-order valence-corrected chi connectivity index (χ2v) is 5.64. The molecule has 1 N–H and O–H groups in total. The molecule has 0 radical (unpaired) electrons. The molecule has 2 aromatic rings. The molecule has 1 heterocycles. The van der Waals surface area contributed by atoms with Gasteiger partial charge < -0.3 is 5.32 Å². The summed E-state index contributed by atoms with van der Waals surface area (Å²) in [7, 11) is 0. The Bertz CT molecular complexity index is 774. The Balaban J connectivity index is 2.03. The first-order valence-corrected chi connectivity index (χ1v) is 7.49. The van der Waals surface area contributed by atoms with E-state index >= 15 is 0 Å². The first-order valence-electron chi connectivity index (χ1n) is 6.73. The third-order valence-corrected chi connectivity index (χ3v) is 4.15. The fourth-order valence-corrected chi connectivity index (χ4v) is 2.61. The Morgan fingerprint density at radius 3 is 2.70 bits per heavy atom. The van der Waals surface area contributed by atoms with Crippen LogP contribution in [0, 0.1) is 24.0 Å². The summed E-state index contributed by atoms with van der Waals surface area (Å²) in [4.78, 5) is 22.6. The van der Waals surface area contributed by atoms with Crippen LogP contribution in [0.2, 0.25) is 10.0 Å². The topological polar surface area (TPSA) is 90.1 Å². The molecule has 122 valence electrons. The van der Waals surface area contributed by atoms with Gasteiger partial charge in [-0.1, -0.05) is 29.3 Å². The molecular weight excluding hydrogens is 343 g/mol. The molecule has 1 aromatic heterocycles. The van der Waals surface area contributed by atoms with Crippen molar-refractivity contribution in [2.75, 3.05) is 6.54 Å². The third-order valence-electron chi connectivity index (χ3n) is 3.33. The second-order valence-electron chi connectivity index (χ2n) is 4.86. The van der Waals surface area contributed by atoms with Crippen molar-refractivity contribution in [3.8, 4) is 0 Å². The van der Waals surface area contributed by atoms with Crippen LogP contribution in [-0.2, 0) is 6.54 Å². The molecule has 0 unspecified atom stereocenters. The zero-order valence-corrected chi connectivity index (χ0v) is 14.0. The van der Waals surface area contributed by atoms with Crippen LogP contribution in [0.1, 0.15) is 21.7 Å². The van der Waals surface area contributed by atoms with E-state index in [-0.39, 0.29) is 28.7 Å². The third kappa shape index (κ3) is 3.62. The Hall–Kier alpha value is -2.12. The van der Waals surface area contributed by atoms with E-state index < -0.39 is 4.92 Å². The molecule has 0 bridgehead atoms. The Morgan fingerprint density at radius 1 is 1.39 bits per heavy atom. The maximum absolute atomic E-state index is 12.1. The molecule has 0 saturated heterocycles. The summed E-state index contributed by atoms with van der Waals surface area (Å²) in [5.74, 6) is -0.367. The first kappa shape index (κ1) is 17.2. The summed E-state index contributed by atoms with van der Waals surface area (Å²) in [5, 5.41) is 18.2. The highest BCUT2D eigenvalue weighted by molar-refractivity contribution is 6.43. The van der Waals surface area contributed by atoms with Gasteiger partial charge in [-0.2, -0.15) is 5.10 Å². The van der Waals surface area contributed by atoms with E-state index in [2.05, 4.69) is 10.4 Å². The fourth-order valence-electron chi connectivity index (χ4n) is 2.22. The van der Waals surface area contributed by atoms with Crippen LogP contribution in [0.4, 0.5) is 5.69 Å². The second kappa shape index (κ2) is 6.97. The van der Waals surface area contributed by atoms with Crippen LogP contribution in [0.25, 0.3) is 0 Å². The summed E-state index contributed by atoms with van der Waals surface area (Å²) in [6.07, 6.45) is 0. The molecule has 0 atom stereocenters. The van der Waals surface area contributed by atoms with Crippen LogP contribution in [0.5, 0.6) is 0 Å². The van der Waals surface area contributed by atoms with Crippen molar-refractivity contribution in [3.05, 3.63) is 55.3 Å². The lowest BCUT2D eigenvalue weighted by Crippen LogP contribution is -2.28. The molecule has 1 amide bonds. The lowest BCUT2D eigenvalue weighted by molar-refractivity contribution is -0.386. The molecular formula is C14H14Cl2N4O3. The predicted molar refractivity (Wildman–Crippen MR) is 87.2 cm³/mol. The van der Waals surface area contributed by atoms with Crippen LogP contribution in [-0.4, -0.2) is 27.2 Å². The number of aromatic nitrogens is 2. The van der Waals surface area contributed by atoms with E-state index in [4.69, 9.17) is 23.2 Å². The van der Waals surface area contributed by atoms with Crippen LogP contribution in [0.3, 0.4) is 0 Å². The highest BCUT2D eigenvalue weighted by atomic mass is 35.5. The van der Waals surface area contributed by atoms with Crippen molar-refractivity contribution in [2.24, 2.45) is 0 Å². The molecule has 0 spiro atoms. The monoisotopic (exact) mass is 356 g/mol. The molecule has 0 fully saturated rings. The average Bonchev–Trinajstić information content (AvgIpc) is 2.76. The van der Waals surface area contributed by atoms with E-state index in [9.17, 15) is 14.9 Å². The van der Waals surface area contributed by atoms with E-state index in [0.717, 1.165) is 0 Å². The number of nitrogens with zero attached hydrogens (tertiary/aromatic N) is 3. The van der Waals surface area contributed by atoms with Crippen molar-refractivity contribution in [2.45, 2.75) is 20.4 Å². The standard InChI is InChI=1S/C14H14Cl2N4O3/c1-8-13(20(22)23)9(2)19(18-8)7-6-17-14(21)10-4-3-5-11(15)12(10)16/h3-5H,6-7H2,1-2H3,(H,17,21). The molecule has 0 aliphatic heterocycles. The van der Waals surface area contributed by atoms with Gasteiger partial charge in [0.25, 0.3) is 5.91 Å². The van der Waals surface area contributed by atoms with Crippen molar-refractivity contribution in [3.63, 3.8) is 0 Å². The number of benzene rings is 1. The minimum Gasteiger partial charge on any atom is -0.350 e. The van der Waals surface area contributed by atoms with Gasteiger partial charge in [0, 0.05) is 6.54 Å². The maximum atomic E-state index is 12.1. The first-order chi connectivity index (χ1) is 10.8. The highest BCUT2D eigenvalue weighted by Crippen LogP contribution is 2.25. The van der Waals surface area contributed by atoms with E-state index in [0.29, 0.717) is 23.0 Å². The summed E-state index contributed by atoms with van der Waals surface area (Å²) < 4.78 is 1.49. The lowest BCUT2D eigenvalue weighted by atomic mass is 10.2. The summed E-state index contributed by atoms with van der Waals surface area (Å²) in [5.41, 5.74) is 1.06. The zero-order chi connectivity index (χ0) is 17.1. The van der Waals surface area contributed by atoms with Gasteiger partial charge in [0.2, 0.25) is 0 Å². The van der Waals surface area contributed by atoms with Gasteiger partial charge in [-0.25, -0.2) is 0 Å². The van der Waals surface area contributed by atoms with E-state index in [1.54, 1.807) is 32.0 Å². The number of amides is 1. The predicted octanol–water partition coefficient (Wildman–Crippen LogP) is 3.14. The normalized spacial score (nSPS) is 10.6. The van der Waals surface area contributed by atoms with Gasteiger partial charge in [-0.3, -0.25) is 19.6 Å². The van der Waals surface area contributed by atoms with Crippen molar-refractivity contribution in [1.29, 1.82) is 0 Å². The van der Waals surface area contributed by atoms with Gasteiger partial charge in [-0.15, -0.1) is 0 Å². The maximum Gasteiger partial charge on any atom is 0.312 e. The highest BCUT2D eigenvalue weighted by Gasteiger charge is 2.21. The summed E-state index contributed by atoms with van der Waals surface area (Å²) >= 11 is 11.9. The number of hydrogen-bond acceptors (Lipinski definition) is 4. The Kier molecular flexibility index (Phi) is 5.23. The van der Waals surface area contributed by atoms with Gasteiger partial charge in [0.15, 0.2) is 0 Å². The van der Waals surface area contributed by atoms with Crippen molar-refractivity contribution < 1.29 is 9.72 Å². The summed E-state index contributed by atoms with van der Waals surface area (Å²) in [6.45, 7) is 3.75. The van der Waals surface area contributed by atoms with Gasteiger partial charge >= 0.3 is 5.69 Å². The van der Waals surface area contributed by atoms with Crippen molar-refractivity contribution in [1.82, 2.24) is 15.1 Å². The number of aryl methyl sites for hydroxylation is 1. The fraction of sp³-hybridized carbons (Fsp3) is 0.286. The number of nitro groups is 1. The number of hydrogen-bond donors (Lipinski definition) is 1. The van der Waals surface area contributed by atoms with Gasteiger partial charge in [-0.05, 0) is 26.0 Å². The number of rotatable bonds is 5. The molecule has 23 heavy (non-hydrogen) atoms. The molecule has 0 aliphatic carbocycles. The van der Waals surface area contributed by atoms with Gasteiger partial charge in [0.1, 0.15) is 11.4 Å². The molecule has 0 aliphatic rings. The smallest absolute Gasteiger partial charge is 0.312 e. The number of nitrogens with one attached hydrogen (secondary N) is 1. The molecule has 1 aromatic carbocycles. The van der Waals surface area contributed by atoms with Crippen molar-refractivity contribution >= 4 is 34.8 Å². The lowest BCUT2D eigenvalue weighted by Gasteiger charge is -2.08. The number of halogens is 2. The SMILES string of the molecule is Cc1nn(CCNC(=O)c2cccc(Cl)c2Cl)c(C)c1[N+](=O)[O-]. The minimum atomic E-state index is -0.460. The molecule has 9 heteroatoms. The Morgan fingerprint density at radius 2 is 2.09 bits per heavy atom. The minimum absolute atomic E-state index is 0.00536. The molecule has 7 nitrogen and oxygen atoms in total. The van der Waals surface area contributed by atoms with Crippen LogP contribution >= 0.6 is 23.2 Å². The quantitative estimate of drug-likeness (QED) is 0.658. The largest absolute Gasteiger partial charge is 0.350 e. The van der Waals surface area contributed by atoms with Crippen LogP contribution in [0.15, 0.2) is 18.2 Å². The number of carbonyl (C=O) groups is 1.